The quantitative estimate of drug-likeness (QED) is 0.254. The normalized spacial score (nSPS) is 12.2. The maximum atomic E-state index is 14.6. The first-order valence-electron chi connectivity index (χ1n) is 12.7. The molecule has 0 bridgehead atoms. The zero-order valence-electron chi connectivity index (χ0n) is 21.6. The van der Waals surface area contributed by atoms with Crippen LogP contribution in [0.25, 0.3) is 55.8 Å². The minimum Gasteiger partial charge on any atom is -0.470 e. The second kappa shape index (κ2) is 8.91. The number of nitrogens with zero attached hydrogens (tertiary/aromatic N) is 2. The number of aryl methyl sites for hydroxylation is 1. The smallest absolute Gasteiger partial charge is 0.255 e. The fraction of sp³-hybridized carbons (Fsp3) is 0.0938. The molecule has 40 heavy (non-hydrogen) atoms. The topological polar surface area (TPSA) is 86.4 Å². The molecule has 3 aromatic heterocycles. The molecule has 196 valence electrons. The molecule has 1 amide bonds. The summed E-state index contributed by atoms with van der Waals surface area (Å²) in [5.74, 6) is 0.347. The summed E-state index contributed by atoms with van der Waals surface area (Å²) in [7, 11) is 1.56. The van der Waals surface area contributed by atoms with Crippen LogP contribution in [0.15, 0.2) is 77.2 Å². The van der Waals surface area contributed by atoms with Crippen LogP contribution in [0.3, 0.4) is 0 Å². The fourth-order valence-electron chi connectivity index (χ4n) is 5.35. The summed E-state index contributed by atoms with van der Waals surface area (Å²) in [5, 5.41) is 3.74. The van der Waals surface area contributed by atoms with Gasteiger partial charge in [-0.15, -0.1) is 0 Å². The molecule has 6 aromatic rings. The molecule has 0 spiro atoms. The van der Waals surface area contributed by atoms with E-state index in [-0.39, 0.29) is 18.5 Å². The van der Waals surface area contributed by atoms with Crippen molar-refractivity contribution in [2.24, 2.45) is 0 Å². The molecule has 0 atom stereocenters. The van der Waals surface area contributed by atoms with Gasteiger partial charge in [-0.3, -0.25) is 9.59 Å². The molecule has 0 radical (unpaired) electrons. The molecule has 8 heteroatoms. The van der Waals surface area contributed by atoms with Crippen LogP contribution in [0.1, 0.15) is 26.3 Å². The number of hydrogen-bond acceptors (Lipinski definition) is 5. The lowest BCUT2D eigenvalue weighted by Gasteiger charge is -2.21. The number of hydrogen-bond donors (Lipinski definition) is 1. The van der Waals surface area contributed by atoms with Crippen molar-refractivity contribution in [2.45, 2.75) is 13.7 Å². The molecule has 0 saturated heterocycles. The van der Waals surface area contributed by atoms with Crippen molar-refractivity contribution < 1.29 is 23.1 Å². The monoisotopic (exact) mass is 531 g/mol. The number of benzene rings is 3. The standard InChI is InChI=1S/C32H22FN3O4/c1-17-6-8-18(9-7-17)31-29(32(38)34-2)22-13-20(19(15-37)12-28(22)40-31)24-10-11-27-30(35-24)26-14-21-23(33)4-3-5-25(21)36(26)16-39-27/h3-15H,16H2,1-2H3,(H,34,38). The Balaban J connectivity index is 1.44. The Labute approximate surface area is 227 Å². The molecular weight excluding hydrogens is 509 g/mol. The summed E-state index contributed by atoms with van der Waals surface area (Å²) in [6.07, 6.45) is 0.742. The number of furan rings is 1. The number of pyridine rings is 1. The molecule has 0 fully saturated rings. The Hall–Kier alpha value is -5.24. The van der Waals surface area contributed by atoms with Crippen LogP contribution in [-0.4, -0.2) is 28.8 Å². The first-order valence-corrected chi connectivity index (χ1v) is 12.7. The molecule has 1 N–H and O–H groups in total. The lowest BCUT2D eigenvalue weighted by molar-refractivity contribution is 0.0964. The van der Waals surface area contributed by atoms with E-state index < -0.39 is 0 Å². The van der Waals surface area contributed by atoms with E-state index >= 15 is 0 Å². The maximum Gasteiger partial charge on any atom is 0.255 e. The molecule has 0 saturated carbocycles. The second-order valence-corrected chi connectivity index (χ2v) is 9.75. The van der Waals surface area contributed by atoms with Gasteiger partial charge in [0.05, 0.1) is 22.5 Å². The van der Waals surface area contributed by atoms with Gasteiger partial charge in [-0.25, -0.2) is 9.37 Å². The fourth-order valence-corrected chi connectivity index (χ4v) is 5.35. The van der Waals surface area contributed by atoms with E-state index in [0.29, 0.717) is 67.2 Å². The zero-order chi connectivity index (χ0) is 27.5. The van der Waals surface area contributed by atoms with E-state index in [1.165, 1.54) is 6.07 Å². The van der Waals surface area contributed by atoms with Gasteiger partial charge in [-0.1, -0.05) is 35.9 Å². The molecule has 0 aliphatic carbocycles. The number of amides is 1. The van der Waals surface area contributed by atoms with Crippen LogP contribution in [0.5, 0.6) is 5.75 Å². The Morgan fingerprint density at radius 1 is 1.05 bits per heavy atom. The number of ether oxygens (including phenoxy) is 1. The van der Waals surface area contributed by atoms with E-state index in [0.717, 1.165) is 17.4 Å². The van der Waals surface area contributed by atoms with Gasteiger partial charge in [0.15, 0.2) is 13.0 Å². The van der Waals surface area contributed by atoms with Gasteiger partial charge in [-0.05, 0) is 49.4 Å². The van der Waals surface area contributed by atoms with Gasteiger partial charge >= 0.3 is 0 Å². The number of aromatic nitrogens is 2. The predicted octanol–water partition coefficient (Wildman–Crippen LogP) is 6.75. The Bertz CT molecular complexity index is 2000. The minimum absolute atomic E-state index is 0.230. The molecule has 1 aliphatic rings. The summed E-state index contributed by atoms with van der Waals surface area (Å²) in [4.78, 5) is 30.2. The number of aldehydes is 1. The number of nitrogens with one attached hydrogen (secondary N) is 1. The van der Waals surface area contributed by atoms with E-state index in [4.69, 9.17) is 14.1 Å². The van der Waals surface area contributed by atoms with E-state index in [9.17, 15) is 14.0 Å². The average molecular weight is 532 g/mol. The third-order valence-electron chi connectivity index (χ3n) is 7.37. The number of halogens is 1. The van der Waals surface area contributed by atoms with Gasteiger partial charge in [-0.2, -0.15) is 0 Å². The lowest BCUT2D eigenvalue weighted by Crippen LogP contribution is -2.18. The van der Waals surface area contributed by atoms with Gasteiger partial charge in [0.25, 0.3) is 5.91 Å². The molecule has 7 nitrogen and oxygen atoms in total. The van der Waals surface area contributed by atoms with Gasteiger partial charge in [0.2, 0.25) is 0 Å². The molecule has 3 aromatic carbocycles. The number of carbonyl (C=O) groups excluding carboxylic acids is 2. The van der Waals surface area contributed by atoms with Gasteiger partial charge in [0.1, 0.15) is 28.6 Å². The number of fused-ring (bicyclic) bond motifs is 6. The van der Waals surface area contributed by atoms with Crippen LogP contribution >= 0.6 is 0 Å². The zero-order valence-corrected chi connectivity index (χ0v) is 21.6. The van der Waals surface area contributed by atoms with E-state index in [1.807, 2.05) is 41.8 Å². The maximum absolute atomic E-state index is 14.6. The molecule has 1 aliphatic heterocycles. The van der Waals surface area contributed by atoms with Gasteiger partial charge < -0.3 is 19.0 Å². The van der Waals surface area contributed by atoms with Crippen LogP contribution in [0.2, 0.25) is 0 Å². The summed E-state index contributed by atoms with van der Waals surface area (Å²) in [6.45, 7) is 2.21. The second-order valence-electron chi connectivity index (χ2n) is 9.75. The van der Waals surface area contributed by atoms with Crippen LogP contribution in [0, 0.1) is 12.7 Å². The Morgan fingerprint density at radius 2 is 1.88 bits per heavy atom. The summed E-state index contributed by atoms with van der Waals surface area (Å²) in [5.41, 5.74) is 5.97. The third kappa shape index (κ3) is 3.53. The highest BCUT2D eigenvalue weighted by Crippen LogP contribution is 2.41. The highest BCUT2D eigenvalue weighted by atomic mass is 19.1. The highest BCUT2D eigenvalue weighted by molar-refractivity contribution is 6.13. The van der Waals surface area contributed by atoms with Crippen LogP contribution in [-0.2, 0) is 6.73 Å². The highest BCUT2D eigenvalue weighted by Gasteiger charge is 2.26. The average Bonchev–Trinajstić information content (AvgIpc) is 3.55. The summed E-state index contributed by atoms with van der Waals surface area (Å²) in [6, 6.07) is 21.3. The number of carbonyl (C=O) groups is 2. The van der Waals surface area contributed by atoms with E-state index in [1.54, 1.807) is 43.4 Å². The Kier molecular flexibility index (Phi) is 5.31. The van der Waals surface area contributed by atoms with Gasteiger partial charge in [0, 0.05) is 34.5 Å². The minimum atomic E-state index is -0.322. The summed E-state index contributed by atoms with van der Waals surface area (Å²) >= 11 is 0. The third-order valence-corrected chi connectivity index (χ3v) is 7.37. The van der Waals surface area contributed by atoms with E-state index in [2.05, 4.69) is 5.32 Å². The SMILES string of the molecule is CNC(=O)c1c(-c2ccc(C)cc2)oc2cc(C=O)c(-c3ccc4c(n3)-c3cc5c(F)cccc5n3CO4)cc12. The lowest BCUT2D eigenvalue weighted by atomic mass is 9.98. The molecule has 4 heterocycles. The first kappa shape index (κ1) is 23.8. The van der Waals surface area contributed by atoms with Crippen molar-refractivity contribution in [3.63, 3.8) is 0 Å². The molecular formula is C32H22FN3O4. The molecule has 7 rings (SSSR count). The largest absolute Gasteiger partial charge is 0.470 e. The van der Waals surface area contributed by atoms with Crippen molar-refractivity contribution >= 4 is 34.1 Å². The van der Waals surface area contributed by atoms with Crippen LogP contribution < -0.4 is 10.1 Å². The first-order chi connectivity index (χ1) is 19.5. The Morgan fingerprint density at radius 3 is 2.65 bits per heavy atom. The van der Waals surface area contributed by atoms with Crippen molar-refractivity contribution in [3.8, 4) is 39.7 Å². The summed E-state index contributed by atoms with van der Waals surface area (Å²) < 4.78 is 28.5. The van der Waals surface area contributed by atoms with Crippen molar-refractivity contribution in [3.05, 3.63) is 95.3 Å². The predicted molar refractivity (Wildman–Crippen MR) is 150 cm³/mol. The van der Waals surface area contributed by atoms with Crippen molar-refractivity contribution in [2.75, 3.05) is 7.05 Å². The molecule has 0 unspecified atom stereocenters. The van der Waals surface area contributed by atoms with Crippen molar-refractivity contribution in [1.82, 2.24) is 14.9 Å². The van der Waals surface area contributed by atoms with Crippen molar-refractivity contribution in [1.29, 1.82) is 0 Å². The number of rotatable bonds is 4. The van der Waals surface area contributed by atoms with Crippen LogP contribution in [0.4, 0.5) is 4.39 Å².